The van der Waals surface area contributed by atoms with Crippen molar-refractivity contribution in [1.29, 1.82) is 0 Å². The van der Waals surface area contributed by atoms with Crippen LogP contribution in [0.3, 0.4) is 0 Å². The van der Waals surface area contributed by atoms with Gasteiger partial charge in [0.15, 0.2) is 5.16 Å². The third kappa shape index (κ3) is 2.87. The van der Waals surface area contributed by atoms with Gasteiger partial charge in [-0.3, -0.25) is 0 Å². The average molecular weight is 249 g/mol. The molecule has 0 fully saturated rings. The van der Waals surface area contributed by atoms with Crippen molar-refractivity contribution in [3.8, 4) is 0 Å². The SMILES string of the molecule is CCNc1nc(SCCO)nc2ccccc12. The summed E-state index contributed by atoms with van der Waals surface area (Å²) in [5, 5.41) is 13.8. The molecule has 0 bridgehead atoms. The van der Waals surface area contributed by atoms with Gasteiger partial charge in [-0.15, -0.1) is 0 Å². The number of aromatic nitrogens is 2. The van der Waals surface area contributed by atoms with Crippen molar-refractivity contribution >= 4 is 28.5 Å². The Kier molecular flexibility index (Phi) is 4.17. The van der Waals surface area contributed by atoms with E-state index < -0.39 is 0 Å². The van der Waals surface area contributed by atoms with Crippen LogP contribution in [0, 0.1) is 0 Å². The highest BCUT2D eigenvalue weighted by molar-refractivity contribution is 7.99. The van der Waals surface area contributed by atoms with Gasteiger partial charge in [-0.25, -0.2) is 9.97 Å². The number of hydrogen-bond acceptors (Lipinski definition) is 5. The number of thioether (sulfide) groups is 1. The van der Waals surface area contributed by atoms with Gasteiger partial charge in [-0.05, 0) is 19.1 Å². The van der Waals surface area contributed by atoms with Crippen LogP contribution in [0.1, 0.15) is 6.92 Å². The van der Waals surface area contributed by atoms with Crippen molar-refractivity contribution in [1.82, 2.24) is 9.97 Å². The fourth-order valence-electron chi connectivity index (χ4n) is 1.56. The maximum atomic E-state index is 8.82. The standard InChI is InChI=1S/C12H15N3OS/c1-2-13-11-9-5-3-4-6-10(9)14-12(15-11)17-8-7-16/h3-6,16H,2,7-8H2,1H3,(H,13,14,15). The minimum atomic E-state index is 0.136. The Morgan fingerprint density at radius 3 is 2.88 bits per heavy atom. The van der Waals surface area contributed by atoms with Crippen LogP contribution in [-0.4, -0.2) is 34.0 Å². The zero-order valence-electron chi connectivity index (χ0n) is 9.68. The number of para-hydroxylation sites is 1. The summed E-state index contributed by atoms with van der Waals surface area (Å²) in [6, 6.07) is 7.92. The van der Waals surface area contributed by atoms with E-state index in [0.717, 1.165) is 23.3 Å². The van der Waals surface area contributed by atoms with Gasteiger partial charge in [0.1, 0.15) is 5.82 Å². The van der Waals surface area contributed by atoms with E-state index in [9.17, 15) is 0 Å². The number of benzene rings is 1. The molecule has 2 N–H and O–H groups in total. The maximum absolute atomic E-state index is 8.82. The molecule has 17 heavy (non-hydrogen) atoms. The molecule has 1 heterocycles. The van der Waals surface area contributed by atoms with Crippen molar-refractivity contribution in [2.75, 3.05) is 24.2 Å². The quantitative estimate of drug-likeness (QED) is 0.628. The lowest BCUT2D eigenvalue weighted by Gasteiger charge is -2.08. The predicted molar refractivity (Wildman–Crippen MR) is 71.5 cm³/mol. The van der Waals surface area contributed by atoms with Crippen molar-refractivity contribution < 1.29 is 5.11 Å². The minimum Gasteiger partial charge on any atom is -0.396 e. The fraction of sp³-hybridized carbons (Fsp3) is 0.333. The molecule has 0 spiro atoms. The molecule has 1 aromatic heterocycles. The summed E-state index contributed by atoms with van der Waals surface area (Å²) < 4.78 is 0. The van der Waals surface area contributed by atoms with E-state index >= 15 is 0 Å². The lowest BCUT2D eigenvalue weighted by Crippen LogP contribution is -2.03. The first-order valence-corrected chi connectivity index (χ1v) is 6.58. The van der Waals surface area contributed by atoms with Gasteiger partial charge < -0.3 is 10.4 Å². The number of hydrogen-bond donors (Lipinski definition) is 2. The first kappa shape index (κ1) is 12.1. The number of nitrogens with one attached hydrogen (secondary N) is 1. The molecule has 4 nitrogen and oxygen atoms in total. The Labute approximate surface area is 104 Å². The Hall–Kier alpha value is -1.33. The molecular formula is C12H15N3OS. The molecule has 90 valence electrons. The monoisotopic (exact) mass is 249 g/mol. The molecular weight excluding hydrogens is 234 g/mol. The zero-order valence-corrected chi connectivity index (χ0v) is 10.5. The van der Waals surface area contributed by atoms with Crippen LogP contribution in [-0.2, 0) is 0 Å². The van der Waals surface area contributed by atoms with Crippen molar-refractivity contribution in [3.05, 3.63) is 24.3 Å². The summed E-state index contributed by atoms with van der Waals surface area (Å²) in [6.45, 7) is 3.00. The van der Waals surface area contributed by atoms with Crippen LogP contribution in [0.4, 0.5) is 5.82 Å². The van der Waals surface area contributed by atoms with E-state index in [1.165, 1.54) is 11.8 Å². The number of fused-ring (bicyclic) bond motifs is 1. The molecule has 0 radical (unpaired) electrons. The summed E-state index contributed by atoms with van der Waals surface area (Å²) in [5.74, 6) is 1.47. The Balaban J connectivity index is 2.43. The first-order valence-electron chi connectivity index (χ1n) is 5.59. The second-order valence-electron chi connectivity index (χ2n) is 3.47. The summed E-state index contributed by atoms with van der Waals surface area (Å²) in [7, 11) is 0. The summed E-state index contributed by atoms with van der Waals surface area (Å²) in [5.41, 5.74) is 0.930. The maximum Gasteiger partial charge on any atom is 0.190 e. The lowest BCUT2D eigenvalue weighted by molar-refractivity contribution is 0.322. The molecule has 2 aromatic rings. The molecule has 0 aliphatic carbocycles. The summed E-state index contributed by atoms with van der Waals surface area (Å²) in [6.07, 6.45) is 0. The number of aliphatic hydroxyl groups excluding tert-OH is 1. The molecule has 5 heteroatoms. The molecule has 0 unspecified atom stereocenters. The van der Waals surface area contributed by atoms with E-state index in [2.05, 4.69) is 15.3 Å². The zero-order chi connectivity index (χ0) is 12.1. The summed E-state index contributed by atoms with van der Waals surface area (Å²) in [4.78, 5) is 8.91. The third-order valence-corrected chi connectivity index (χ3v) is 3.08. The van der Waals surface area contributed by atoms with Crippen LogP contribution >= 0.6 is 11.8 Å². The number of nitrogens with zero attached hydrogens (tertiary/aromatic N) is 2. The normalized spacial score (nSPS) is 10.7. The van der Waals surface area contributed by atoms with Crippen LogP contribution < -0.4 is 5.32 Å². The Bertz CT molecular complexity index is 504. The third-order valence-electron chi connectivity index (χ3n) is 2.25. The lowest BCUT2D eigenvalue weighted by atomic mass is 10.2. The highest BCUT2D eigenvalue weighted by Crippen LogP contribution is 2.23. The van der Waals surface area contributed by atoms with Gasteiger partial charge in [0, 0.05) is 17.7 Å². The van der Waals surface area contributed by atoms with Crippen LogP contribution in [0.5, 0.6) is 0 Å². The van der Waals surface area contributed by atoms with E-state index in [4.69, 9.17) is 5.11 Å². The van der Waals surface area contributed by atoms with Gasteiger partial charge >= 0.3 is 0 Å². The topological polar surface area (TPSA) is 58.0 Å². The van der Waals surface area contributed by atoms with E-state index in [1.807, 2.05) is 31.2 Å². The number of aliphatic hydroxyl groups is 1. The van der Waals surface area contributed by atoms with Gasteiger partial charge in [0.25, 0.3) is 0 Å². The summed E-state index contributed by atoms with van der Waals surface area (Å²) >= 11 is 1.46. The van der Waals surface area contributed by atoms with Gasteiger partial charge in [-0.2, -0.15) is 0 Å². The van der Waals surface area contributed by atoms with Gasteiger partial charge in [0.05, 0.1) is 12.1 Å². The van der Waals surface area contributed by atoms with E-state index in [-0.39, 0.29) is 6.61 Å². The van der Waals surface area contributed by atoms with Gasteiger partial charge in [-0.1, -0.05) is 23.9 Å². The number of rotatable bonds is 5. The second-order valence-corrected chi connectivity index (χ2v) is 4.54. The van der Waals surface area contributed by atoms with Gasteiger partial charge in [0.2, 0.25) is 0 Å². The highest BCUT2D eigenvalue weighted by Gasteiger charge is 2.06. The molecule has 0 amide bonds. The fourth-order valence-corrected chi connectivity index (χ4v) is 2.15. The van der Waals surface area contributed by atoms with Crippen molar-refractivity contribution in [2.45, 2.75) is 12.1 Å². The van der Waals surface area contributed by atoms with Crippen LogP contribution in [0.25, 0.3) is 10.9 Å². The van der Waals surface area contributed by atoms with Crippen molar-refractivity contribution in [2.24, 2.45) is 0 Å². The molecule has 0 aliphatic rings. The minimum absolute atomic E-state index is 0.136. The smallest absolute Gasteiger partial charge is 0.190 e. The Morgan fingerprint density at radius 1 is 1.29 bits per heavy atom. The first-order chi connectivity index (χ1) is 8.35. The average Bonchev–Trinajstić information content (AvgIpc) is 2.37. The molecule has 0 atom stereocenters. The molecule has 0 aliphatic heterocycles. The molecule has 2 rings (SSSR count). The van der Waals surface area contributed by atoms with Crippen LogP contribution in [0.15, 0.2) is 29.4 Å². The van der Waals surface area contributed by atoms with E-state index in [1.54, 1.807) is 0 Å². The Morgan fingerprint density at radius 2 is 2.12 bits per heavy atom. The van der Waals surface area contributed by atoms with E-state index in [0.29, 0.717) is 10.9 Å². The van der Waals surface area contributed by atoms with Crippen molar-refractivity contribution in [3.63, 3.8) is 0 Å². The predicted octanol–water partition coefficient (Wildman–Crippen LogP) is 2.15. The molecule has 1 aromatic carbocycles. The van der Waals surface area contributed by atoms with Crippen LogP contribution in [0.2, 0.25) is 0 Å². The largest absolute Gasteiger partial charge is 0.396 e. The molecule has 0 saturated carbocycles. The second kappa shape index (κ2) is 5.84. The highest BCUT2D eigenvalue weighted by atomic mass is 32.2. The number of anilines is 1. The molecule has 0 saturated heterocycles.